The molecule has 0 saturated heterocycles. The number of aromatic nitrogens is 2. The largest absolute Gasteiger partial charge is 0.390 e. The van der Waals surface area contributed by atoms with Gasteiger partial charge in [0.05, 0.1) is 17.4 Å². The van der Waals surface area contributed by atoms with Crippen LogP contribution in [0, 0.1) is 6.92 Å². The molecule has 0 spiro atoms. The summed E-state index contributed by atoms with van der Waals surface area (Å²) in [5.41, 5.74) is 1.73. The van der Waals surface area contributed by atoms with Crippen molar-refractivity contribution in [2.75, 3.05) is 6.61 Å². The second kappa shape index (κ2) is 6.72. The van der Waals surface area contributed by atoms with Gasteiger partial charge in [0, 0.05) is 25.8 Å². The molecule has 1 heterocycles. The molecule has 4 nitrogen and oxygen atoms in total. The Morgan fingerprint density at radius 2 is 2.00 bits per heavy atom. The van der Waals surface area contributed by atoms with Crippen molar-refractivity contribution in [1.82, 2.24) is 9.78 Å². The predicted octanol–water partition coefficient (Wildman–Crippen LogP) is 2.76. The Morgan fingerprint density at radius 1 is 1.35 bits per heavy atom. The first-order chi connectivity index (χ1) is 9.57. The van der Waals surface area contributed by atoms with E-state index in [0.29, 0.717) is 13.0 Å². The van der Waals surface area contributed by atoms with E-state index in [0.717, 1.165) is 37.1 Å². The van der Waals surface area contributed by atoms with Gasteiger partial charge in [-0.15, -0.1) is 0 Å². The average molecular weight is 280 g/mol. The first-order valence-electron chi connectivity index (χ1n) is 7.89. The van der Waals surface area contributed by atoms with Crippen LogP contribution in [0.1, 0.15) is 56.8 Å². The molecular formula is C16H28N2O2. The zero-order valence-corrected chi connectivity index (χ0v) is 13.1. The van der Waals surface area contributed by atoms with Gasteiger partial charge in [0.2, 0.25) is 0 Å². The summed E-state index contributed by atoms with van der Waals surface area (Å²) in [6, 6.07) is 2.06. The quantitative estimate of drug-likeness (QED) is 0.844. The van der Waals surface area contributed by atoms with Gasteiger partial charge in [-0.05, 0) is 32.8 Å². The van der Waals surface area contributed by atoms with Crippen molar-refractivity contribution >= 4 is 0 Å². The molecular weight excluding hydrogens is 252 g/mol. The molecule has 0 amide bonds. The Hall–Kier alpha value is -0.870. The Labute approximate surface area is 122 Å². The van der Waals surface area contributed by atoms with Crippen molar-refractivity contribution in [1.29, 1.82) is 0 Å². The molecule has 1 unspecified atom stereocenters. The van der Waals surface area contributed by atoms with Gasteiger partial charge >= 0.3 is 0 Å². The minimum absolute atomic E-state index is 0.358. The molecule has 1 atom stereocenters. The van der Waals surface area contributed by atoms with Crippen LogP contribution in [0.3, 0.4) is 0 Å². The summed E-state index contributed by atoms with van der Waals surface area (Å²) >= 11 is 0. The van der Waals surface area contributed by atoms with Gasteiger partial charge in [-0.3, -0.25) is 4.68 Å². The molecule has 114 valence electrons. The van der Waals surface area contributed by atoms with Crippen molar-refractivity contribution in [3.8, 4) is 0 Å². The summed E-state index contributed by atoms with van der Waals surface area (Å²) in [4.78, 5) is 0. The standard InChI is InChI=1S/C16H28N2O2/c1-4-20-16(9-7-5-6-8-10-16)15(19)12-14-11-13(2)17-18(14)3/h11,15,19H,4-10,12H2,1-3H3. The van der Waals surface area contributed by atoms with Crippen molar-refractivity contribution in [3.63, 3.8) is 0 Å². The Balaban J connectivity index is 2.13. The monoisotopic (exact) mass is 280 g/mol. The van der Waals surface area contributed by atoms with E-state index in [9.17, 15) is 5.11 Å². The van der Waals surface area contributed by atoms with E-state index in [4.69, 9.17) is 4.74 Å². The lowest BCUT2D eigenvalue weighted by Gasteiger charge is -2.37. The molecule has 1 N–H and O–H groups in total. The summed E-state index contributed by atoms with van der Waals surface area (Å²) in [5, 5.41) is 15.2. The molecule has 1 fully saturated rings. The molecule has 0 aromatic carbocycles. The molecule has 4 heteroatoms. The van der Waals surface area contributed by atoms with Gasteiger partial charge in [-0.1, -0.05) is 25.7 Å². The van der Waals surface area contributed by atoms with Gasteiger partial charge in [-0.2, -0.15) is 5.10 Å². The molecule has 1 aliphatic carbocycles. The van der Waals surface area contributed by atoms with Crippen LogP contribution in [0.5, 0.6) is 0 Å². The first-order valence-corrected chi connectivity index (χ1v) is 7.89. The van der Waals surface area contributed by atoms with Crippen molar-refractivity contribution < 1.29 is 9.84 Å². The van der Waals surface area contributed by atoms with Gasteiger partial charge in [0.15, 0.2) is 0 Å². The van der Waals surface area contributed by atoms with E-state index >= 15 is 0 Å². The summed E-state index contributed by atoms with van der Waals surface area (Å²) in [6.07, 6.45) is 6.94. The number of ether oxygens (including phenoxy) is 1. The number of hydrogen-bond acceptors (Lipinski definition) is 3. The third-order valence-electron chi connectivity index (χ3n) is 4.49. The van der Waals surface area contributed by atoms with Gasteiger partial charge in [0.25, 0.3) is 0 Å². The lowest BCUT2D eigenvalue weighted by Crippen LogP contribution is -2.46. The topological polar surface area (TPSA) is 47.3 Å². The van der Waals surface area contributed by atoms with Crippen LogP contribution in [0.15, 0.2) is 6.07 Å². The van der Waals surface area contributed by atoms with E-state index in [1.54, 1.807) is 0 Å². The van der Waals surface area contributed by atoms with Crippen molar-refractivity contribution in [2.45, 2.75) is 70.5 Å². The maximum atomic E-state index is 10.8. The smallest absolute Gasteiger partial charge is 0.0943 e. The normalized spacial score (nSPS) is 20.6. The number of aliphatic hydroxyl groups excluding tert-OH is 1. The van der Waals surface area contributed by atoms with Crippen molar-refractivity contribution in [3.05, 3.63) is 17.5 Å². The fraction of sp³-hybridized carbons (Fsp3) is 0.812. The molecule has 0 bridgehead atoms. The molecule has 1 aliphatic rings. The lowest BCUT2D eigenvalue weighted by molar-refractivity contribution is -0.128. The minimum Gasteiger partial charge on any atom is -0.390 e. The number of hydrogen-bond donors (Lipinski definition) is 1. The van der Waals surface area contributed by atoms with E-state index in [-0.39, 0.29) is 5.60 Å². The number of aryl methyl sites for hydroxylation is 2. The molecule has 0 radical (unpaired) electrons. The first kappa shape index (κ1) is 15.5. The number of rotatable bonds is 5. The summed E-state index contributed by atoms with van der Waals surface area (Å²) in [6.45, 7) is 4.68. The SMILES string of the molecule is CCOC1(C(O)Cc2cc(C)nn2C)CCCCCC1. The molecule has 2 rings (SSSR count). The summed E-state index contributed by atoms with van der Waals surface area (Å²) in [5.74, 6) is 0. The van der Waals surface area contributed by atoms with Gasteiger partial charge in [0.1, 0.15) is 0 Å². The molecule has 20 heavy (non-hydrogen) atoms. The van der Waals surface area contributed by atoms with E-state index in [2.05, 4.69) is 11.2 Å². The molecule has 1 saturated carbocycles. The van der Waals surface area contributed by atoms with Crippen LogP contribution in [0.4, 0.5) is 0 Å². The highest BCUT2D eigenvalue weighted by Gasteiger charge is 2.39. The number of nitrogens with zero attached hydrogens (tertiary/aromatic N) is 2. The lowest BCUT2D eigenvalue weighted by atomic mass is 9.85. The van der Waals surface area contributed by atoms with Crippen LogP contribution in [-0.4, -0.2) is 33.2 Å². The van der Waals surface area contributed by atoms with Crippen LogP contribution in [0.25, 0.3) is 0 Å². The maximum absolute atomic E-state index is 10.8. The van der Waals surface area contributed by atoms with E-state index in [1.165, 1.54) is 12.8 Å². The van der Waals surface area contributed by atoms with Crippen LogP contribution in [-0.2, 0) is 18.2 Å². The van der Waals surface area contributed by atoms with Crippen LogP contribution < -0.4 is 0 Å². The Bertz CT molecular complexity index is 420. The van der Waals surface area contributed by atoms with Crippen molar-refractivity contribution in [2.24, 2.45) is 7.05 Å². The van der Waals surface area contributed by atoms with E-state index in [1.807, 2.05) is 25.6 Å². The maximum Gasteiger partial charge on any atom is 0.0943 e. The highest BCUT2D eigenvalue weighted by atomic mass is 16.5. The highest BCUT2D eigenvalue weighted by Crippen LogP contribution is 2.34. The van der Waals surface area contributed by atoms with E-state index < -0.39 is 6.10 Å². The second-order valence-electron chi connectivity index (χ2n) is 6.03. The van der Waals surface area contributed by atoms with Gasteiger partial charge in [-0.25, -0.2) is 0 Å². The third kappa shape index (κ3) is 3.41. The van der Waals surface area contributed by atoms with Gasteiger partial charge < -0.3 is 9.84 Å². The zero-order valence-electron chi connectivity index (χ0n) is 13.1. The molecule has 1 aromatic rings. The molecule has 0 aliphatic heterocycles. The number of aliphatic hydroxyl groups is 1. The average Bonchev–Trinajstić information content (AvgIpc) is 2.62. The Kier molecular flexibility index (Phi) is 5.22. The fourth-order valence-electron chi connectivity index (χ4n) is 3.43. The fourth-order valence-corrected chi connectivity index (χ4v) is 3.43. The summed E-state index contributed by atoms with van der Waals surface area (Å²) < 4.78 is 7.92. The summed E-state index contributed by atoms with van der Waals surface area (Å²) in [7, 11) is 1.94. The highest BCUT2D eigenvalue weighted by molar-refractivity contribution is 5.11. The Morgan fingerprint density at radius 3 is 2.50 bits per heavy atom. The predicted molar refractivity (Wildman–Crippen MR) is 79.7 cm³/mol. The third-order valence-corrected chi connectivity index (χ3v) is 4.49. The van der Waals surface area contributed by atoms with Crippen LogP contribution >= 0.6 is 0 Å². The zero-order chi connectivity index (χ0) is 14.6. The minimum atomic E-state index is -0.449. The molecule has 1 aromatic heterocycles. The van der Waals surface area contributed by atoms with Crippen LogP contribution in [0.2, 0.25) is 0 Å². The second-order valence-corrected chi connectivity index (χ2v) is 6.03.